The fraction of sp³-hybridized carbons (Fsp3) is 0.679. The molecule has 0 spiro atoms. The minimum atomic E-state index is -0.0381. The van der Waals surface area contributed by atoms with Crippen molar-refractivity contribution in [1.82, 2.24) is 5.32 Å². The van der Waals surface area contributed by atoms with Crippen LogP contribution in [0.15, 0.2) is 42.5 Å². The van der Waals surface area contributed by atoms with Crippen molar-refractivity contribution in [3.8, 4) is 0 Å². The van der Waals surface area contributed by atoms with Gasteiger partial charge in [0.2, 0.25) is 0 Å². The number of quaternary nitrogens is 1. The van der Waals surface area contributed by atoms with E-state index >= 15 is 0 Å². The van der Waals surface area contributed by atoms with E-state index in [1.807, 2.05) is 0 Å². The Hall–Kier alpha value is -1.32. The van der Waals surface area contributed by atoms with Crippen LogP contribution in [0.3, 0.4) is 0 Å². The van der Waals surface area contributed by atoms with E-state index < -0.39 is 0 Å². The van der Waals surface area contributed by atoms with Crippen molar-refractivity contribution in [3.63, 3.8) is 0 Å². The molecule has 0 aliphatic carbocycles. The van der Waals surface area contributed by atoms with E-state index in [4.69, 9.17) is 0 Å². The van der Waals surface area contributed by atoms with Crippen molar-refractivity contribution in [2.75, 3.05) is 14.1 Å². The summed E-state index contributed by atoms with van der Waals surface area (Å²) in [5.41, 5.74) is 1.94. The van der Waals surface area contributed by atoms with Crippen molar-refractivity contribution in [2.24, 2.45) is 0 Å². The summed E-state index contributed by atoms with van der Waals surface area (Å²) in [5, 5.41) is 3.23. The van der Waals surface area contributed by atoms with Gasteiger partial charge in [0.1, 0.15) is 6.04 Å². The molecule has 2 unspecified atom stereocenters. The predicted octanol–water partition coefficient (Wildman–Crippen LogP) is 4.55. The normalized spacial score (nSPS) is 13.2. The van der Waals surface area contributed by atoms with Crippen LogP contribution < -0.4 is 17.7 Å². The second-order valence-corrected chi connectivity index (χ2v) is 9.70. The zero-order valence-electron chi connectivity index (χ0n) is 21.5. The third kappa shape index (κ3) is 11.0. The second-order valence-electron chi connectivity index (χ2n) is 9.70. The average molecular weight is 465 g/mol. The van der Waals surface area contributed by atoms with Gasteiger partial charge in [0, 0.05) is 24.0 Å². The zero-order chi connectivity index (χ0) is 23.1. The Morgan fingerprint density at radius 3 is 1.88 bits per heavy atom. The molecule has 32 heavy (non-hydrogen) atoms. The summed E-state index contributed by atoms with van der Waals surface area (Å²) in [4.78, 5) is 12.3. The Balaban J connectivity index is 0.00000961. The first-order valence-corrected chi connectivity index (χ1v) is 12.7. The highest BCUT2D eigenvalue weighted by molar-refractivity contribution is 5.92. The molecule has 1 aromatic carbocycles. The van der Waals surface area contributed by atoms with Crippen molar-refractivity contribution < 1.29 is 21.7 Å². The summed E-state index contributed by atoms with van der Waals surface area (Å²) in [6.07, 6.45) is 15.7. The van der Waals surface area contributed by atoms with Crippen LogP contribution in [0.25, 0.3) is 0 Å². The topological polar surface area (TPSA) is 29.1 Å². The number of amides is 1. The number of nitrogens with zero attached hydrogens (tertiary/aromatic N) is 1. The second kappa shape index (κ2) is 17.2. The van der Waals surface area contributed by atoms with Gasteiger partial charge in [-0.05, 0) is 13.3 Å². The molecule has 3 nitrogen and oxygen atoms in total. The van der Waals surface area contributed by atoms with Crippen molar-refractivity contribution in [2.45, 2.75) is 110 Å². The standard InChI is InChI=1S/C28H48N2O.ClH/c1-7-9-10-11-12-13-14-15-16-20-23-26(25-21-18-17-19-22-25)30(5,6)27(8-2)29-28(31)24(3)4;/h17-19,21-22,26-27H,3,7-16,20,23H2,1-2,4-6H3;1H. The number of hydrogen-bond donors (Lipinski definition) is 1. The number of carbonyl (C=O) groups excluding carboxylic acids is 1. The first-order valence-electron chi connectivity index (χ1n) is 12.7. The molecule has 2 atom stereocenters. The predicted molar refractivity (Wildman–Crippen MR) is 135 cm³/mol. The van der Waals surface area contributed by atoms with Crippen LogP contribution in [0.2, 0.25) is 0 Å². The Kier molecular flexibility index (Phi) is 16.5. The highest BCUT2D eigenvalue weighted by Gasteiger charge is 2.37. The molecular formula is C28H49ClN2O. The fourth-order valence-corrected chi connectivity index (χ4v) is 4.61. The minimum absolute atomic E-state index is 0. The van der Waals surface area contributed by atoms with E-state index in [1.165, 1.54) is 69.8 Å². The molecule has 1 N–H and O–H groups in total. The van der Waals surface area contributed by atoms with Crippen molar-refractivity contribution >= 4 is 5.91 Å². The molecule has 0 radical (unpaired) electrons. The van der Waals surface area contributed by atoms with E-state index in [1.54, 1.807) is 6.92 Å². The highest BCUT2D eigenvalue weighted by atomic mass is 35.5. The maximum atomic E-state index is 12.3. The lowest BCUT2D eigenvalue weighted by Crippen LogP contribution is -3.00. The first-order chi connectivity index (χ1) is 14.8. The van der Waals surface area contributed by atoms with E-state index in [0.717, 1.165) is 17.3 Å². The Labute approximate surface area is 205 Å². The zero-order valence-corrected chi connectivity index (χ0v) is 22.2. The third-order valence-corrected chi connectivity index (χ3v) is 6.69. The van der Waals surface area contributed by atoms with Crippen molar-refractivity contribution in [3.05, 3.63) is 48.0 Å². The smallest absolute Gasteiger partial charge is 0.250 e. The molecular weight excluding hydrogens is 416 g/mol. The summed E-state index contributed by atoms with van der Waals surface area (Å²) in [5.74, 6) is -0.0381. The molecule has 4 heteroatoms. The Morgan fingerprint density at radius 1 is 0.906 bits per heavy atom. The molecule has 0 heterocycles. The van der Waals surface area contributed by atoms with Gasteiger partial charge in [0.05, 0.1) is 14.1 Å². The molecule has 1 amide bonds. The van der Waals surface area contributed by atoms with Crippen LogP contribution >= 0.6 is 0 Å². The number of hydrogen-bond acceptors (Lipinski definition) is 1. The van der Waals surface area contributed by atoms with Crippen LogP contribution in [0.4, 0.5) is 0 Å². The first kappa shape index (κ1) is 30.7. The van der Waals surface area contributed by atoms with Gasteiger partial charge in [0.25, 0.3) is 5.91 Å². The van der Waals surface area contributed by atoms with Gasteiger partial charge >= 0.3 is 0 Å². The molecule has 1 aromatic rings. The van der Waals surface area contributed by atoms with Gasteiger partial charge in [0.15, 0.2) is 6.17 Å². The molecule has 184 valence electrons. The van der Waals surface area contributed by atoms with Gasteiger partial charge < -0.3 is 22.2 Å². The van der Waals surface area contributed by atoms with E-state index in [2.05, 4.69) is 70.2 Å². The third-order valence-electron chi connectivity index (χ3n) is 6.69. The average Bonchev–Trinajstić information content (AvgIpc) is 2.75. The van der Waals surface area contributed by atoms with Gasteiger partial charge in [-0.25, -0.2) is 0 Å². The number of rotatable bonds is 17. The number of halogens is 1. The van der Waals surface area contributed by atoms with Crippen molar-refractivity contribution in [1.29, 1.82) is 0 Å². The summed E-state index contributed by atoms with van der Waals surface area (Å²) in [6.45, 7) is 10.0. The number of benzene rings is 1. The maximum absolute atomic E-state index is 12.3. The molecule has 0 aliphatic rings. The van der Waals surface area contributed by atoms with Gasteiger partial charge in [-0.3, -0.25) is 4.79 Å². The molecule has 1 rings (SSSR count). The van der Waals surface area contributed by atoms with E-state index in [9.17, 15) is 4.79 Å². The van der Waals surface area contributed by atoms with E-state index in [0.29, 0.717) is 11.6 Å². The lowest BCUT2D eigenvalue weighted by atomic mass is 9.95. The van der Waals surface area contributed by atoms with Crippen LogP contribution in [0, 0.1) is 0 Å². The van der Waals surface area contributed by atoms with Gasteiger partial charge in [-0.15, -0.1) is 0 Å². The molecule has 0 bridgehead atoms. The summed E-state index contributed by atoms with van der Waals surface area (Å²) >= 11 is 0. The van der Waals surface area contributed by atoms with Crippen LogP contribution in [-0.4, -0.2) is 30.7 Å². The maximum Gasteiger partial charge on any atom is 0.250 e. The van der Waals surface area contributed by atoms with Crippen LogP contribution in [0.1, 0.15) is 109 Å². The lowest BCUT2D eigenvalue weighted by molar-refractivity contribution is -0.947. The Bertz CT molecular complexity index is 630. The molecule has 0 saturated heterocycles. The molecule has 0 aliphatic heterocycles. The molecule has 0 fully saturated rings. The van der Waals surface area contributed by atoms with Gasteiger partial charge in [-0.2, -0.15) is 0 Å². The SMILES string of the molecule is C=C(C)C(=O)NC(CC)[N+](C)(C)C(CCCCCCCCCCCC)c1ccccc1.[Cl-]. The number of carbonyl (C=O) groups is 1. The minimum Gasteiger partial charge on any atom is -1.00 e. The van der Waals surface area contributed by atoms with Gasteiger partial charge in [-0.1, -0.05) is 109 Å². The van der Waals surface area contributed by atoms with Crippen LogP contribution in [0.5, 0.6) is 0 Å². The molecule has 0 saturated carbocycles. The number of unbranched alkanes of at least 4 members (excludes halogenated alkanes) is 9. The monoisotopic (exact) mass is 464 g/mol. The van der Waals surface area contributed by atoms with E-state index in [-0.39, 0.29) is 24.5 Å². The highest BCUT2D eigenvalue weighted by Crippen LogP contribution is 2.33. The summed E-state index contributed by atoms with van der Waals surface area (Å²) < 4.78 is 0.761. The van der Waals surface area contributed by atoms with Crippen LogP contribution in [-0.2, 0) is 4.79 Å². The fourth-order valence-electron chi connectivity index (χ4n) is 4.61. The summed E-state index contributed by atoms with van der Waals surface area (Å²) in [7, 11) is 4.53. The quantitative estimate of drug-likeness (QED) is 0.156. The lowest BCUT2D eigenvalue weighted by Gasteiger charge is -2.44. The molecule has 0 aromatic heterocycles. The largest absolute Gasteiger partial charge is 1.00 e. The Morgan fingerprint density at radius 2 is 1.41 bits per heavy atom. The summed E-state index contributed by atoms with van der Waals surface area (Å²) in [6, 6.07) is 11.2. The number of nitrogens with one attached hydrogen (secondary N) is 1.